The van der Waals surface area contributed by atoms with Gasteiger partial charge in [0.25, 0.3) is 0 Å². The summed E-state index contributed by atoms with van der Waals surface area (Å²) >= 11 is 0. The van der Waals surface area contributed by atoms with E-state index in [4.69, 9.17) is 0 Å². The summed E-state index contributed by atoms with van der Waals surface area (Å²) in [6.45, 7) is 5.31. The largest absolute Gasteiger partial charge is 0.294 e. The van der Waals surface area contributed by atoms with Gasteiger partial charge in [-0.05, 0) is 26.2 Å². The standard InChI is InChI=1S/C12H20N2/c1-4-13(2)11-14(3)10-12-8-6-5-7-9-12/h5-9H,4,10-11H2,1-3H3. The van der Waals surface area contributed by atoms with E-state index in [0.717, 1.165) is 19.8 Å². The molecule has 0 amide bonds. The van der Waals surface area contributed by atoms with E-state index in [-0.39, 0.29) is 0 Å². The molecule has 0 aliphatic heterocycles. The van der Waals surface area contributed by atoms with E-state index in [2.05, 4.69) is 61.2 Å². The maximum Gasteiger partial charge on any atom is 0.0503 e. The van der Waals surface area contributed by atoms with Gasteiger partial charge in [-0.2, -0.15) is 0 Å². The number of hydrogen-bond donors (Lipinski definition) is 0. The Morgan fingerprint density at radius 2 is 1.64 bits per heavy atom. The minimum atomic E-state index is 1.02. The van der Waals surface area contributed by atoms with Crippen molar-refractivity contribution in [3.63, 3.8) is 0 Å². The van der Waals surface area contributed by atoms with Crippen LogP contribution >= 0.6 is 0 Å². The fourth-order valence-corrected chi connectivity index (χ4v) is 1.46. The van der Waals surface area contributed by atoms with Crippen LogP contribution in [0.25, 0.3) is 0 Å². The van der Waals surface area contributed by atoms with Crippen LogP contribution in [0.5, 0.6) is 0 Å². The van der Waals surface area contributed by atoms with Crippen LogP contribution in [0.4, 0.5) is 0 Å². The maximum atomic E-state index is 2.32. The molecule has 0 aromatic heterocycles. The van der Waals surface area contributed by atoms with Crippen molar-refractivity contribution in [3.8, 4) is 0 Å². The zero-order valence-electron chi connectivity index (χ0n) is 9.40. The molecule has 0 fully saturated rings. The Morgan fingerprint density at radius 1 is 1.00 bits per heavy atom. The molecule has 0 saturated carbocycles. The van der Waals surface area contributed by atoms with E-state index in [1.54, 1.807) is 0 Å². The summed E-state index contributed by atoms with van der Waals surface area (Å²) < 4.78 is 0. The summed E-state index contributed by atoms with van der Waals surface area (Å²) in [5, 5.41) is 0. The van der Waals surface area contributed by atoms with Crippen LogP contribution in [0.3, 0.4) is 0 Å². The molecule has 0 N–H and O–H groups in total. The highest BCUT2D eigenvalue weighted by atomic mass is 15.3. The Balaban J connectivity index is 2.37. The van der Waals surface area contributed by atoms with Gasteiger partial charge in [-0.25, -0.2) is 0 Å². The molecule has 1 aromatic carbocycles. The molecule has 2 nitrogen and oxygen atoms in total. The Morgan fingerprint density at radius 3 is 2.21 bits per heavy atom. The van der Waals surface area contributed by atoms with E-state index in [0.29, 0.717) is 0 Å². The van der Waals surface area contributed by atoms with Gasteiger partial charge >= 0.3 is 0 Å². The van der Waals surface area contributed by atoms with Crippen LogP contribution in [0, 0.1) is 0 Å². The Kier molecular flexibility index (Phi) is 4.63. The number of benzene rings is 1. The Bertz CT molecular complexity index is 246. The lowest BCUT2D eigenvalue weighted by Gasteiger charge is -2.23. The zero-order valence-corrected chi connectivity index (χ0v) is 9.40. The monoisotopic (exact) mass is 192 g/mol. The first-order valence-corrected chi connectivity index (χ1v) is 5.13. The van der Waals surface area contributed by atoms with Crippen LogP contribution in [0.1, 0.15) is 12.5 Å². The summed E-state index contributed by atoms with van der Waals surface area (Å²) in [7, 11) is 4.29. The minimum Gasteiger partial charge on any atom is -0.294 e. The molecule has 0 bridgehead atoms. The summed E-state index contributed by atoms with van der Waals surface area (Å²) in [5.74, 6) is 0. The van der Waals surface area contributed by atoms with Gasteiger partial charge in [0.05, 0.1) is 6.67 Å². The second kappa shape index (κ2) is 5.78. The SMILES string of the molecule is CCN(C)CN(C)Cc1ccccc1. The van der Waals surface area contributed by atoms with Gasteiger partial charge in [0, 0.05) is 6.54 Å². The molecule has 0 heterocycles. The number of nitrogens with zero attached hydrogens (tertiary/aromatic N) is 2. The van der Waals surface area contributed by atoms with E-state index in [9.17, 15) is 0 Å². The average Bonchev–Trinajstić information content (AvgIpc) is 2.19. The van der Waals surface area contributed by atoms with Gasteiger partial charge in [0.15, 0.2) is 0 Å². The van der Waals surface area contributed by atoms with E-state index in [1.165, 1.54) is 5.56 Å². The fourth-order valence-electron chi connectivity index (χ4n) is 1.46. The van der Waals surface area contributed by atoms with Crippen molar-refractivity contribution >= 4 is 0 Å². The van der Waals surface area contributed by atoms with Crippen molar-refractivity contribution in [2.24, 2.45) is 0 Å². The smallest absolute Gasteiger partial charge is 0.0503 e. The summed E-state index contributed by atoms with van der Waals surface area (Å²) in [6.07, 6.45) is 0. The van der Waals surface area contributed by atoms with Crippen molar-refractivity contribution < 1.29 is 0 Å². The second-order valence-electron chi connectivity index (χ2n) is 3.81. The van der Waals surface area contributed by atoms with Gasteiger partial charge < -0.3 is 0 Å². The quantitative estimate of drug-likeness (QED) is 0.659. The molecule has 78 valence electrons. The zero-order chi connectivity index (χ0) is 10.4. The van der Waals surface area contributed by atoms with Crippen LogP contribution in [0.15, 0.2) is 30.3 Å². The maximum absolute atomic E-state index is 2.32. The molecular weight excluding hydrogens is 172 g/mol. The highest BCUT2D eigenvalue weighted by molar-refractivity contribution is 5.14. The fraction of sp³-hybridized carbons (Fsp3) is 0.500. The lowest BCUT2D eigenvalue weighted by molar-refractivity contribution is 0.183. The molecule has 14 heavy (non-hydrogen) atoms. The first-order chi connectivity index (χ1) is 6.72. The van der Waals surface area contributed by atoms with Gasteiger partial charge in [-0.3, -0.25) is 9.80 Å². The van der Waals surface area contributed by atoms with Gasteiger partial charge in [-0.1, -0.05) is 37.3 Å². The summed E-state index contributed by atoms with van der Waals surface area (Å²) in [6, 6.07) is 10.6. The first-order valence-electron chi connectivity index (χ1n) is 5.13. The lowest BCUT2D eigenvalue weighted by Crippen LogP contribution is -2.32. The molecule has 0 aliphatic carbocycles. The van der Waals surface area contributed by atoms with Crippen molar-refractivity contribution in [1.29, 1.82) is 0 Å². The first kappa shape index (κ1) is 11.2. The van der Waals surface area contributed by atoms with Crippen LogP contribution in [-0.4, -0.2) is 37.1 Å². The van der Waals surface area contributed by atoms with Crippen LogP contribution < -0.4 is 0 Å². The molecule has 0 spiro atoms. The molecule has 1 rings (SSSR count). The van der Waals surface area contributed by atoms with Crippen molar-refractivity contribution in [1.82, 2.24) is 9.80 Å². The Labute approximate surface area is 87.1 Å². The third-order valence-corrected chi connectivity index (χ3v) is 2.32. The van der Waals surface area contributed by atoms with Gasteiger partial charge in [0.1, 0.15) is 0 Å². The number of hydrogen-bond acceptors (Lipinski definition) is 2. The highest BCUT2D eigenvalue weighted by Gasteiger charge is 2.01. The predicted molar refractivity (Wildman–Crippen MR) is 61.1 cm³/mol. The lowest BCUT2D eigenvalue weighted by atomic mass is 10.2. The normalized spacial score (nSPS) is 11.2. The van der Waals surface area contributed by atoms with E-state index >= 15 is 0 Å². The highest BCUT2D eigenvalue weighted by Crippen LogP contribution is 2.02. The molecule has 2 heteroatoms. The molecule has 0 aliphatic rings. The molecule has 0 saturated heterocycles. The molecule has 1 aromatic rings. The van der Waals surface area contributed by atoms with Gasteiger partial charge in [-0.15, -0.1) is 0 Å². The number of rotatable bonds is 5. The predicted octanol–water partition coefficient (Wildman–Crippen LogP) is 2.03. The van der Waals surface area contributed by atoms with Crippen LogP contribution in [-0.2, 0) is 6.54 Å². The second-order valence-corrected chi connectivity index (χ2v) is 3.81. The van der Waals surface area contributed by atoms with E-state index < -0.39 is 0 Å². The topological polar surface area (TPSA) is 6.48 Å². The third kappa shape index (κ3) is 3.90. The Hall–Kier alpha value is -0.860. The third-order valence-electron chi connectivity index (χ3n) is 2.32. The average molecular weight is 192 g/mol. The molecule has 0 unspecified atom stereocenters. The summed E-state index contributed by atoms with van der Waals surface area (Å²) in [5.41, 5.74) is 1.37. The van der Waals surface area contributed by atoms with Crippen molar-refractivity contribution in [3.05, 3.63) is 35.9 Å². The van der Waals surface area contributed by atoms with Crippen molar-refractivity contribution in [2.75, 3.05) is 27.3 Å². The molecular formula is C12H20N2. The van der Waals surface area contributed by atoms with Crippen LogP contribution in [0.2, 0.25) is 0 Å². The molecule has 0 radical (unpaired) electrons. The van der Waals surface area contributed by atoms with E-state index in [1.807, 2.05) is 0 Å². The van der Waals surface area contributed by atoms with Gasteiger partial charge in [0.2, 0.25) is 0 Å². The van der Waals surface area contributed by atoms with Crippen molar-refractivity contribution in [2.45, 2.75) is 13.5 Å². The molecule has 0 atom stereocenters. The minimum absolute atomic E-state index is 1.02. The summed E-state index contributed by atoms with van der Waals surface area (Å²) in [4.78, 5) is 4.61.